The van der Waals surface area contributed by atoms with Gasteiger partial charge in [0.05, 0.1) is 12.5 Å². The molecule has 5 rings (SSSR count). The van der Waals surface area contributed by atoms with Crippen molar-refractivity contribution in [2.24, 2.45) is 0 Å². The zero-order valence-electron chi connectivity index (χ0n) is 21.0. The molecule has 4 aromatic rings. The molecule has 1 saturated heterocycles. The van der Waals surface area contributed by atoms with Gasteiger partial charge in [0.15, 0.2) is 0 Å². The summed E-state index contributed by atoms with van der Waals surface area (Å²) in [5, 5.41) is 4.14. The number of hydrogen-bond donors (Lipinski definition) is 1. The van der Waals surface area contributed by atoms with E-state index in [0.717, 1.165) is 59.2 Å². The van der Waals surface area contributed by atoms with Crippen molar-refractivity contribution in [3.8, 4) is 5.75 Å². The summed E-state index contributed by atoms with van der Waals surface area (Å²) in [5.41, 5.74) is 3.27. The number of nitrogens with zero attached hydrogens (tertiary/aromatic N) is 4. The second-order valence-electron chi connectivity index (χ2n) is 9.05. The molecule has 0 spiro atoms. The van der Waals surface area contributed by atoms with Gasteiger partial charge in [-0.05, 0) is 43.5 Å². The molecule has 0 saturated carbocycles. The number of fused-ring (bicyclic) bond motifs is 1. The molecule has 2 aromatic carbocycles. The molecule has 8 heteroatoms. The molecule has 1 aliphatic rings. The molecular weight excluding hydrogens is 470 g/mol. The van der Waals surface area contributed by atoms with Crippen LogP contribution in [-0.2, 0) is 12.8 Å². The monoisotopic (exact) mass is 501 g/mol. The summed E-state index contributed by atoms with van der Waals surface area (Å²) in [6.07, 6.45) is 1.71. The maximum Gasteiger partial charge on any atom is 0.321 e. The maximum absolute atomic E-state index is 12.9. The summed E-state index contributed by atoms with van der Waals surface area (Å²) in [5.74, 6) is 2.59. The van der Waals surface area contributed by atoms with Gasteiger partial charge in [0.25, 0.3) is 0 Å². The number of aromatic nitrogens is 2. The van der Waals surface area contributed by atoms with Crippen LogP contribution in [0.5, 0.6) is 5.75 Å². The van der Waals surface area contributed by atoms with Crippen molar-refractivity contribution in [3.63, 3.8) is 0 Å². The van der Waals surface area contributed by atoms with Crippen molar-refractivity contribution in [2.75, 3.05) is 43.5 Å². The molecule has 2 amide bonds. The summed E-state index contributed by atoms with van der Waals surface area (Å²) < 4.78 is 5.26. The fraction of sp³-hybridized carbons (Fsp3) is 0.321. The van der Waals surface area contributed by atoms with Crippen molar-refractivity contribution >= 4 is 39.1 Å². The van der Waals surface area contributed by atoms with Gasteiger partial charge in [-0.15, -0.1) is 11.3 Å². The summed E-state index contributed by atoms with van der Waals surface area (Å²) in [7, 11) is 1.62. The molecule has 3 heterocycles. The smallest absolute Gasteiger partial charge is 0.321 e. The second-order valence-corrected chi connectivity index (χ2v) is 10.3. The Balaban J connectivity index is 1.31. The minimum atomic E-state index is -0.0955. The van der Waals surface area contributed by atoms with Crippen LogP contribution in [0.1, 0.15) is 21.8 Å². The van der Waals surface area contributed by atoms with Gasteiger partial charge in [0.1, 0.15) is 22.2 Å². The van der Waals surface area contributed by atoms with Gasteiger partial charge in [-0.3, -0.25) is 0 Å². The number of anilines is 2. The van der Waals surface area contributed by atoms with Crippen LogP contribution < -0.4 is 15.0 Å². The van der Waals surface area contributed by atoms with Crippen LogP contribution in [0.4, 0.5) is 16.3 Å². The molecule has 2 aromatic heterocycles. The number of hydrogen-bond acceptors (Lipinski definition) is 6. The second kappa shape index (κ2) is 10.5. The van der Waals surface area contributed by atoms with Crippen LogP contribution in [0.3, 0.4) is 0 Å². The predicted molar refractivity (Wildman–Crippen MR) is 147 cm³/mol. The van der Waals surface area contributed by atoms with E-state index in [4.69, 9.17) is 14.7 Å². The van der Waals surface area contributed by atoms with Gasteiger partial charge < -0.3 is 19.9 Å². The molecule has 1 aliphatic heterocycles. The largest absolute Gasteiger partial charge is 0.497 e. The van der Waals surface area contributed by atoms with Crippen LogP contribution >= 0.6 is 11.3 Å². The van der Waals surface area contributed by atoms with Gasteiger partial charge >= 0.3 is 6.03 Å². The van der Waals surface area contributed by atoms with Crippen molar-refractivity contribution < 1.29 is 9.53 Å². The van der Waals surface area contributed by atoms with Gasteiger partial charge in [-0.1, -0.05) is 36.4 Å². The molecule has 0 unspecified atom stereocenters. The number of nitrogens with one attached hydrogen (secondary N) is 1. The third-order valence-corrected chi connectivity index (χ3v) is 7.82. The Bertz CT molecular complexity index is 1360. The van der Waals surface area contributed by atoms with Crippen LogP contribution in [0, 0.1) is 13.8 Å². The SMILES string of the molecule is COc1cccc(NC(=O)N2CCN(c3nc(CCc4ccccc4)nc4sc(C)c(C)c34)CC2)c1. The summed E-state index contributed by atoms with van der Waals surface area (Å²) in [6.45, 7) is 7.01. The molecule has 36 heavy (non-hydrogen) atoms. The average molecular weight is 502 g/mol. The number of carbonyl (C=O) groups excluding carboxylic acids is 1. The first kappa shape index (κ1) is 24.1. The highest BCUT2D eigenvalue weighted by atomic mass is 32.1. The highest BCUT2D eigenvalue weighted by molar-refractivity contribution is 7.18. The molecule has 186 valence electrons. The topological polar surface area (TPSA) is 70.6 Å². The van der Waals surface area contributed by atoms with Crippen LogP contribution in [-0.4, -0.2) is 54.2 Å². The first-order chi connectivity index (χ1) is 17.5. The minimum absolute atomic E-state index is 0.0955. The number of rotatable bonds is 6. The van der Waals surface area contributed by atoms with Crippen LogP contribution in [0.15, 0.2) is 54.6 Å². The maximum atomic E-state index is 12.9. The predicted octanol–water partition coefficient (Wildman–Crippen LogP) is 5.46. The number of piperazine rings is 1. The van der Waals surface area contributed by atoms with Gasteiger partial charge in [0, 0.05) is 49.2 Å². The Morgan fingerprint density at radius 1 is 1.00 bits per heavy atom. The lowest BCUT2D eigenvalue weighted by Gasteiger charge is -2.35. The van der Waals surface area contributed by atoms with Crippen molar-refractivity contribution in [1.82, 2.24) is 14.9 Å². The summed E-state index contributed by atoms with van der Waals surface area (Å²) >= 11 is 1.74. The normalized spacial score (nSPS) is 13.8. The molecule has 7 nitrogen and oxygen atoms in total. The molecule has 1 N–H and O–H groups in total. The van der Waals surface area contributed by atoms with E-state index < -0.39 is 0 Å². The van der Waals surface area contributed by atoms with E-state index in [9.17, 15) is 4.79 Å². The first-order valence-electron chi connectivity index (χ1n) is 12.3. The molecule has 1 fully saturated rings. The zero-order valence-corrected chi connectivity index (χ0v) is 21.8. The van der Waals surface area contributed by atoms with Gasteiger partial charge in [0.2, 0.25) is 0 Å². The number of amides is 2. The number of ether oxygens (including phenoxy) is 1. The summed E-state index contributed by atoms with van der Waals surface area (Å²) in [4.78, 5) is 29.4. The molecule has 0 radical (unpaired) electrons. The Morgan fingerprint density at radius 3 is 2.53 bits per heavy atom. The van der Waals surface area contributed by atoms with E-state index in [0.29, 0.717) is 13.1 Å². The number of carbonyl (C=O) groups is 1. The number of benzene rings is 2. The van der Waals surface area contributed by atoms with E-state index >= 15 is 0 Å². The fourth-order valence-corrected chi connectivity index (χ4v) is 5.58. The van der Waals surface area contributed by atoms with Crippen molar-refractivity contribution in [1.29, 1.82) is 0 Å². The third-order valence-electron chi connectivity index (χ3n) is 6.72. The lowest BCUT2D eigenvalue weighted by atomic mass is 10.1. The Morgan fingerprint density at radius 2 is 1.78 bits per heavy atom. The van der Waals surface area contributed by atoms with Crippen LogP contribution in [0.25, 0.3) is 10.2 Å². The van der Waals surface area contributed by atoms with Gasteiger partial charge in [-0.25, -0.2) is 14.8 Å². The Kier molecular flexibility index (Phi) is 7.04. The standard InChI is InChI=1S/C28H31N5O2S/c1-19-20(2)36-27-25(19)26(30-24(31-27)13-12-21-8-5-4-6-9-21)32-14-16-33(17-15-32)28(34)29-22-10-7-11-23(18-22)35-3/h4-11,18H,12-17H2,1-3H3,(H,29,34). The lowest BCUT2D eigenvalue weighted by Crippen LogP contribution is -2.50. The number of urea groups is 1. The molecule has 0 atom stereocenters. The third kappa shape index (κ3) is 5.14. The average Bonchev–Trinajstić information content (AvgIpc) is 3.20. The highest BCUT2D eigenvalue weighted by Crippen LogP contribution is 2.35. The quantitative estimate of drug-likeness (QED) is 0.380. The van der Waals surface area contributed by atoms with E-state index in [1.165, 1.54) is 16.0 Å². The number of thiophene rings is 1. The van der Waals surface area contributed by atoms with Crippen molar-refractivity contribution in [2.45, 2.75) is 26.7 Å². The zero-order chi connectivity index (χ0) is 25.1. The number of methoxy groups -OCH3 is 1. The van der Waals surface area contributed by atoms with Gasteiger partial charge in [-0.2, -0.15) is 0 Å². The minimum Gasteiger partial charge on any atom is -0.497 e. The van der Waals surface area contributed by atoms with Crippen LogP contribution in [0.2, 0.25) is 0 Å². The lowest BCUT2D eigenvalue weighted by molar-refractivity contribution is 0.208. The molecule has 0 aliphatic carbocycles. The van der Waals surface area contributed by atoms with E-state index in [-0.39, 0.29) is 6.03 Å². The Labute approximate surface area is 215 Å². The van der Waals surface area contributed by atoms with E-state index in [1.54, 1.807) is 18.4 Å². The highest BCUT2D eigenvalue weighted by Gasteiger charge is 2.25. The van der Waals surface area contributed by atoms with Crippen molar-refractivity contribution in [3.05, 3.63) is 76.4 Å². The summed E-state index contributed by atoms with van der Waals surface area (Å²) in [6, 6.07) is 17.8. The first-order valence-corrected chi connectivity index (χ1v) is 13.1. The van der Waals surface area contributed by atoms with E-state index in [1.807, 2.05) is 35.2 Å². The van der Waals surface area contributed by atoms with E-state index in [2.05, 4.69) is 48.3 Å². The Hall–Kier alpha value is -3.65. The molecule has 0 bridgehead atoms. The number of aryl methyl sites for hydroxylation is 4. The fourth-order valence-electron chi connectivity index (χ4n) is 4.54. The molecular formula is C28H31N5O2S.